The Kier molecular flexibility index (Phi) is 8.71. The van der Waals surface area contributed by atoms with E-state index >= 15 is 0 Å². The van der Waals surface area contributed by atoms with Crippen LogP contribution in [-0.2, 0) is 17.5 Å². The number of ether oxygens (including phenoxy) is 2. The van der Waals surface area contributed by atoms with E-state index in [1.165, 1.54) is 6.07 Å². The van der Waals surface area contributed by atoms with Gasteiger partial charge < -0.3 is 19.7 Å². The van der Waals surface area contributed by atoms with Crippen LogP contribution in [0.15, 0.2) is 47.6 Å². The molecule has 6 nitrogen and oxygen atoms in total. The first-order valence-electron chi connectivity index (χ1n) is 9.14. The zero-order valence-corrected chi connectivity index (χ0v) is 19.0. The van der Waals surface area contributed by atoms with Crippen LogP contribution in [0.25, 0.3) is 0 Å². The molecule has 0 radical (unpaired) electrons. The second kappa shape index (κ2) is 10.8. The average Bonchev–Trinajstić information content (AvgIpc) is 2.74. The lowest BCUT2D eigenvalue weighted by Crippen LogP contribution is -2.48. The van der Waals surface area contributed by atoms with Gasteiger partial charge in [0.25, 0.3) is 0 Å². The van der Waals surface area contributed by atoms with Gasteiger partial charge in [-0.2, -0.15) is 13.2 Å². The Bertz CT molecular complexity index is 847. The number of morpholine rings is 1. The molecule has 1 aliphatic heterocycles. The molecule has 10 heteroatoms. The van der Waals surface area contributed by atoms with Gasteiger partial charge in [0, 0.05) is 32.4 Å². The highest BCUT2D eigenvalue weighted by Gasteiger charge is 2.32. The van der Waals surface area contributed by atoms with Crippen molar-refractivity contribution < 1.29 is 22.6 Å². The van der Waals surface area contributed by atoms with Crippen LogP contribution < -0.4 is 10.1 Å². The van der Waals surface area contributed by atoms with Gasteiger partial charge in [-0.05, 0) is 23.3 Å². The largest absolute Gasteiger partial charge is 0.481 e. The number of benzene rings is 1. The normalized spacial score (nSPS) is 17.3. The molecular formula is C20H24F3IN4O2. The molecule has 0 amide bonds. The summed E-state index contributed by atoms with van der Waals surface area (Å²) in [6.45, 7) is 1.90. The highest BCUT2D eigenvalue weighted by Crippen LogP contribution is 2.32. The summed E-state index contributed by atoms with van der Waals surface area (Å²) in [4.78, 5) is 10.4. The first-order valence-corrected chi connectivity index (χ1v) is 9.14. The predicted molar refractivity (Wildman–Crippen MR) is 118 cm³/mol. The number of pyridine rings is 1. The van der Waals surface area contributed by atoms with Gasteiger partial charge in [-0.15, -0.1) is 24.0 Å². The van der Waals surface area contributed by atoms with Crippen molar-refractivity contribution in [2.75, 3.05) is 33.9 Å². The minimum atomic E-state index is -4.38. The molecule has 1 aliphatic rings. The monoisotopic (exact) mass is 536 g/mol. The highest BCUT2D eigenvalue weighted by atomic mass is 127. The molecule has 164 valence electrons. The van der Waals surface area contributed by atoms with Crippen molar-refractivity contribution in [2.45, 2.75) is 18.8 Å². The maximum Gasteiger partial charge on any atom is 0.416 e. The van der Waals surface area contributed by atoms with Crippen LogP contribution in [0.5, 0.6) is 5.88 Å². The standard InChI is InChI=1S/C20H23F3N4O2.HI/c1-24-19(26-12-14-6-7-18(28-2)25-11-14)27-8-9-29-17(13-27)15-4-3-5-16(10-15)20(21,22)23;/h3-7,10-11,17H,8-9,12-13H2,1-2H3,(H,24,26);1H. The topological polar surface area (TPSA) is 59.0 Å². The number of alkyl halides is 3. The van der Waals surface area contributed by atoms with E-state index < -0.39 is 17.8 Å². The van der Waals surface area contributed by atoms with Gasteiger partial charge in [-0.3, -0.25) is 4.99 Å². The Morgan fingerprint density at radius 2 is 2.13 bits per heavy atom. The molecule has 1 saturated heterocycles. The third-order valence-corrected chi connectivity index (χ3v) is 4.62. The fourth-order valence-corrected chi connectivity index (χ4v) is 3.11. The predicted octanol–water partition coefficient (Wildman–Crippen LogP) is 3.88. The molecule has 1 aromatic heterocycles. The maximum absolute atomic E-state index is 13.0. The minimum absolute atomic E-state index is 0. The molecule has 3 rings (SSSR count). The Balaban J connectivity index is 0.00000320. The SMILES string of the molecule is CN=C(NCc1ccc(OC)nc1)N1CCOC(c2cccc(C(F)(F)F)c2)C1.I. The fraction of sp³-hybridized carbons (Fsp3) is 0.400. The summed E-state index contributed by atoms with van der Waals surface area (Å²) < 4.78 is 49.8. The van der Waals surface area contributed by atoms with Gasteiger partial charge in [-0.1, -0.05) is 18.2 Å². The fourth-order valence-electron chi connectivity index (χ4n) is 3.11. The van der Waals surface area contributed by atoms with E-state index in [1.807, 2.05) is 11.0 Å². The summed E-state index contributed by atoms with van der Waals surface area (Å²) in [6.07, 6.45) is -3.13. The number of nitrogens with one attached hydrogen (secondary N) is 1. The molecule has 0 aliphatic carbocycles. The van der Waals surface area contributed by atoms with E-state index in [4.69, 9.17) is 9.47 Å². The van der Waals surface area contributed by atoms with Crippen molar-refractivity contribution in [1.82, 2.24) is 15.2 Å². The minimum Gasteiger partial charge on any atom is -0.481 e. The molecule has 0 bridgehead atoms. The Hall–Kier alpha value is -2.08. The van der Waals surface area contributed by atoms with Crippen LogP contribution >= 0.6 is 24.0 Å². The smallest absolute Gasteiger partial charge is 0.416 e. The number of rotatable bonds is 4. The number of halogens is 4. The van der Waals surface area contributed by atoms with E-state index in [0.717, 1.165) is 17.7 Å². The van der Waals surface area contributed by atoms with Gasteiger partial charge in [0.2, 0.25) is 5.88 Å². The lowest BCUT2D eigenvalue weighted by molar-refractivity contribution is -0.137. The van der Waals surface area contributed by atoms with Crippen LogP contribution in [0.2, 0.25) is 0 Å². The first-order chi connectivity index (χ1) is 13.9. The summed E-state index contributed by atoms with van der Waals surface area (Å²) in [5, 5.41) is 3.26. The zero-order chi connectivity index (χ0) is 20.9. The van der Waals surface area contributed by atoms with E-state index in [-0.39, 0.29) is 24.0 Å². The summed E-state index contributed by atoms with van der Waals surface area (Å²) in [5.41, 5.74) is 0.777. The van der Waals surface area contributed by atoms with E-state index in [1.54, 1.807) is 32.5 Å². The van der Waals surface area contributed by atoms with Crippen molar-refractivity contribution >= 4 is 29.9 Å². The van der Waals surface area contributed by atoms with Crippen molar-refractivity contribution in [1.29, 1.82) is 0 Å². The molecule has 1 aromatic carbocycles. The molecule has 0 spiro atoms. The van der Waals surface area contributed by atoms with Crippen molar-refractivity contribution in [3.8, 4) is 5.88 Å². The number of aromatic nitrogens is 1. The molecule has 1 fully saturated rings. The van der Waals surface area contributed by atoms with Crippen LogP contribution in [0, 0.1) is 0 Å². The summed E-state index contributed by atoms with van der Waals surface area (Å²) in [6, 6.07) is 8.95. The van der Waals surface area contributed by atoms with E-state index in [2.05, 4.69) is 15.3 Å². The van der Waals surface area contributed by atoms with E-state index in [9.17, 15) is 13.2 Å². The summed E-state index contributed by atoms with van der Waals surface area (Å²) in [7, 11) is 3.23. The second-order valence-electron chi connectivity index (χ2n) is 6.54. The Morgan fingerprint density at radius 1 is 1.33 bits per heavy atom. The van der Waals surface area contributed by atoms with Crippen molar-refractivity contribution in [3.05, 3.63) is 59.3 Å². The van der Waals surface area contributed by atoms with Gasteiger partial charge >= 0.3 is 6.18 Å². The van der Waals surface area contributed by atoms with E-state index in [0.29, 0.717) is 43.6 Å². The number of hydrogen-bond acceptors (Lipinski definition) is 4. The number of guanidine groups is 1. The molecule has 0 saturated carbocycles. The molecule has 1 unspecified atom stereocenters. The average molecular weight is 536 g/mol. The molecule has 1 atom stereocenters. The first kappa shape index (κ1) is 24.2. The Morgan fingerprint density at radius 3 is 2.77 bits per heavy atom. The molecule has 2 heterocycles. The highest BCUT2D eigenvalue weighted by molar-refractivity contribution is 14.0. The van der Waals surface area contributed by atoms with Crippen LogP contribution in [-0.4, -0.2) is 49.7 Å². The zero-order valence-electron chi connectivity index (χ0n) is 16.6. The van der Waals surface area contributed by atoms with Crippen LogP contribution in [0.3, 0.4) is 0 Å². The Labute approximate surface area is 190 Å². The van der Waals surface area contributed by atoms with Crippen molar-refractivity contribution in [3.63, 3.8) is 0 Å². The lowest BCUT2D eigenvalue weighted by Gasteiger charge is -2.35. The number of aliphatic imine (C=N–C) groups is 1. The maximum atomic E-state index is 13.0. The quantitative estimate of drug-likeness (QED) is 0.366. The number of methoxy groups -OCH3 is 1. The van der Waals surface area contributed by atoms with Gasteiger partial charge in [0.1, 0.15) is 6.10 Å². The van der Waals surface area contributed by atoms with Crippen molar-refractivity contribution in [2.24, 2.45) is 4.99 Å². The van der Waals surface area contributed by atoms with Gasteiger partial charge in [0.05, 0.1) is 25.8 Å². The molecule has 1 N–H and O–H groups in total. The lowest BCUT2D eigenvalue weighted by atomic mass is 10.0. The number of nitrogens with zero attached hydrogens (tertiary/aromatic N) is 3. The third kappa shape index (κ3) is 6.21. The van der Waals surface area contributed by atoms with Gasteiger partial charge in [0.15, 0.2) is 5.96 Å². The molecular weight excluding hydrogens is 512 g/mol. The number of hydrogen-bond donors (Lipinski definition) is 1. The van der Waals surface area contributed by atoms with Crippen LogP contribution in [0.1, 0.15) is 22.8 Å². The van der Waals surface area contributed by atoms with Crippen LogP contribution in [0.4, 0.5) is 13.2 Å². The molecule has 2 aromatic rings. The molecule has 30 heavy (non-hydrogen) atoms. The third-order valence-electron chi connectivity index (χ3n) is 4.62. The van der Waals surface area contributed by atoms with Gasteiger partial charge in [-0.25, -0.2) is 4.98 Å². The summed E-state index contributed by atoms with van der Waals surface area (Å²) in [5.74, 6) is 1.19. The second-order valence-corrected chi connectivity index (χ2v) is 6.54. The summed E-state index contributed by atoms with van der Waals surface area (Å²) >= 11 is 0.